The molecule has 0 saturated carbocycles. The van der Waals surface area contributed by atoms with Gasteiger partial charge in [-0.3, -0.25) is 0 Å². The lowest BCUT2D eigenvalue weighted by molar-refractivity contribution is 0.598. The van der Waals surface area contributed by atoms with Gasteiger partial charge >= 0.3 is 0 Å². The minimum atomic E-state index is 0.0954. The molecule has 0 aliphatic rings. The first-order valence-corrected chi connectivity index (χ1v) is 9.12. The summed E-state index contributed by atoms with van der Waals surface area (Å²) in [7, 11) is 0. The summed E-state index contributed by atoms with van der Waals surface area (Å²) in [6.45, 7) is 5.23. The van der Waals surface area contributed by atoms with Crippen molar-refractivity contribution in [1.29, 1.82) is 0 Å². The van der Waals surface area contributed by atoms with Gasteiger partial charge in [-0.05, 0) is 59.7 Å². The zero-order chi connectivity index (χ0) is 14.7. The Bertz CT molecular complexity index is 598. The van der Waals surface area contributed by atoms with Gasteiger partial charge in [0.15, 0.2) is 0 Å². The van der Waals surface area contributed by atoms with Crippen LogP contribution in [0.3, 0.4) is 0 Å². The van der Waals surface area contributed by atoms with Crippen LogP contribution in [-0.4, -0.2) is 6.54 Å². The minimum Gasteiger partial charge on any atom is -0.306 e. The highest BCUT2D eigenvalue weighted by atomic mass is 127. The van der Waals surface area contributed by atoms with Crippen LogP contribution in [0.1, 0.15) is 36.1 Å². The Morgan fingerprint density at radius 2 is 2.05 bits per heavy atom. The molecule has 0 fully saturated rings. The molecule has 108 valence electrons. The molecule has 1 heterocycles. The van der Waals surface area contributed by atoms with E-state index in [4.69, 9.17) is 23.2 Å². The van der Waals surface area contributed by atoms with Crippen LogP contribution < -0.4 is 5.32 Å². The van der Waals surface area contributed by atoms with E-state index in [1.165, 1.54) is 26.0 Å². The molecule has 1 unspecified atom stereocenters. The molecule has 20 heavy (non-hydrogen) atoms. The van der Waals surface area contributed by atoms with Crippen molar-refractivity contribution in [3.8, 4) is 0 Å². The first-order chi connectivity index (χ1) is 9.54. The fourth-order valence-electron chi connectivity index (χ4n) is 2.12. The number of rotatable bonds is 5. The van der Waals surface area contributed by atoms with E-state index < -0.39 is 0 Å². The lowest BCUT2D eigenvalue weighted by atomic mass is 9.99. The van der Waals surface area contributed by atoms with Gasteiger partial charge in [-0.15, -0.1) is 11.3 Å². The first-order valence-electron chi connectivity index (χ1n) is 6.47. The lowest BCUT2D eigenvalue weighted by Gasteiger charge is -2.21. The van der Waals surface area contributed by atoms with E-state index in [0.717, 1.165) is 27.2 Å². The molecule has 0 aliphatic heterocycles. The van der Waals surface area contributed by atoms with Crippen LogP contribution in [0, 0.1) is 10.5 Å². The number of aryl methyl sites for hydroxylation is 1. The molecular weight excluding hydrogens is 424 g/mol. The minimum absolute atomic E-state index is 0.0954. The van der Waals surface area contributed by atoms with Gasteiger partial charge in [0.05, 0.1) is 14.7 Å². The predicted molar refractivity (Wildman–Crippen MR) is 98.4 cm³/mol. The van der Waals surface area contributed by atoms with Gasteiger partial charge in [-0.1, -0.05) is 48.3 Å². The van der Waals surface area contributed by atoms with Crippen molar-refractivity contribution < 1.29 is 0 Å². The summed E-state index contributed by atoms with van der Waals surface area (Å²) in [6.07, 6.45) is 1.08. The lowest BCUT2D eigenvalue weighted by Crippen LogP contribution is -2.24. The van der Waals surface area contributed by atoms with Gasteiger partial charge in [-0.2, -0.15) is 0 Å². The monoisotopic (exact) mass is 439 g/mol. The Labute approximate surface area is 147 Å². The van der Waals surface area contributed by atoms with Crippen LogP contribution in [0.25, 0.3) is 0 Å². The second-order valence-corrected chi connectivity index (χ2v) is 8.01. The van der Waals surface area contributed by atoms with Gasteiger partial charge in [0.25, 0.3) is 0 Å². The van der Waals surface area contributed by atoms with Crippen LogP contribution in [-0.2, 0) is 0 Å². The first kappa shape index (κ1) is 16.6. The molecule has 1 atom stereocenters. The van der Waals surface area contributed by atoms with Crippen molar-refractivity contribution in [3.63, 3.8) is 0 Å². The molecule has 1 N–H and O–H groups in total. The highest BCUT2D eigenvalue weighted by molar-refractivity contribution is 14.1. The second kappa shape index (κ2) is 7.45. The van der Waals surface area contributed by atoms with E-state index in [2.05, 4.69) is 60.0 Å². The number of hydrogen-bond acceptors (Lipinski definition) is 2. The summed E-state index contributed by atoms with van der Waals surface area (Å²) in [4.78, 5) is 0. The molecule has 2 rings (SSSR count). The van der Waals surface area contributed by atoms with Crippen LogP contribution in [0.2, 0.25) is 8.67 Å². The Kier molecular flexibility index (Phi) is 6.17. The third kappa shape index (κ3) is 3.69. The zero-order valence-electron chi connectivity index (χ0n) is 11.3. The number of thiophene rings is 1. The predicted octanol–water partition coefficient (Wildman–Crippen LogP) is 6.06. The quantitative estimate of drug-likeness (QED) is 0.558. The zero-order valence-corrected chi connectivity index (χ0v) is 15.8. The van der Waals surface area contributed by atoms with Crippen molar-refractivity contribution in [2.24, 2.45) is 0 Å². The smallest absolute Gasteiger partial charge is 0.0995 e. The number of hydrogen-bond donors (Lipinski definition) is 1. The Balaban J connectivity index is 2.47. The van der Waals surface area contributed by atoms with E-state index in [-0.39, 0.29) is 6.04 Å². The summed E-state index contributed by atoms with van der Waals surface area (Å²) < 4.78 is 2.77. The van der Waals surface area contributed by atoms with E-state index >= 15 is 0 Å². The van der Waals surface area contributed by atoms with Gasteiger partial charge < -0.3 is 5.32 Å². The maximum atomic E-state index is 6.35. The summed E-state index contributed by atoms with van der Waals surface area (Å²) in [5.41, 5.74) is 3.61. The summed E-state index contributed by atoms with van der Waals surface area (Å²) in [6, 6.07) is 8.45. The third-order valence-corrected chi connectivity index (χ3v) is 6.12. The standard InChI is InChI=1S/C15H16Cl2INS/c1-3-7-19-14(11-8-12(16)20-15(11)17)10-6-4-5-9(2)13(10)18/h4-6,8,14,19H,3,7H2,1-2H3. The second-order valence-electron chi connectivity index (χ2n) is 4.64. The van der Waals surface area contributed by atoms with Crippen LogP contribution in [0.5, 0.6) is 0 Å². The molecule has 0 bridgehead atoms. The Morgan fingerprint density at radius 1 is 1.30 bits per heavy atom. The largest absolute Gasteiger partial charge is 0.306 e. The number of nitrogens with one attached hydrogen (secondary N) is 1. The van der Waals surface area contributed by atoms with Gasteiger partial charge in [0.2, 0.25) is 0 Å². The molecule has 1 nitrogen and oxygen atoms in total. The van der Waals surface area contributed by atoms with Gasteiger partial charge in [0, 0.05) is 9.13 Å². The molecule has 0 radical (unpaired) electrons. The summed E-state index contributed by atoms with van der Waals surface area (Å²) in [5.74, 6) is 0. The Hall–Kier alpha value is 0.190. The maximum Gasteiger partial charge on any atom is 0.0995 e. The van der Waals surface area contributed by atoms with E-state index in [9.17, 15) is 0 Å². The molecular formula is C15H16Cl2INS. The molecule has 0 amide bonds. The maximum absolute atomic E-state index is 6.35. The fraction of sp³-hybridized carbons (Fsp3) is 0.333. The molecule has 5 heteroatoms. The highest BCUT2D eigenvalue weighted by Gasteiger charge is 2.21. The number of halogens is 3. The van der Waals surface area contributed by atoms with Crippen molar-refractivity contribution in [1.82, 2.24) is 5.32 Å². The van der Waals surface area contributed by atoms with E-state index in [0.29, 0.717) is 0 Å². The molecule has 2 aromatic rings. The average Bonchev–Trinajstić information content (AvgIpc) is 2.74. The molecule has 1 aromatic carbocycles. The van der Waals surface area contributed by atoms with Gasteiger partial charge in [0.1, 0.15) is 0 Å². The van der Waals surface area contributed by atoms with Crippen molar-refractivity contribution in [3.05, 3.63) is 53.2 Å². The third-order valence-electron chi connectivity index (χ3n) is 3.13. The highest BCUT2D eigenvalue weighted by Crippen LogP contribution is 2.38. The number of benzene rings is 1. The summed E-state index contributed by atoms with van der Waals surface area (Å²) in [5, 5.41) is 3.58. The molecule has 1 aromatic heterocycles. The topological polar surface area (TPSA) is 12.0 Å². The SMILES string of the molecule is CCCNC(c1cc(Cl)sc1Cl)c1cccc(C)c1I. The van der Waals surface area contributed by atoms with Crippen LogP contribution >= 0.6 is 57.1 Å². The van der Waals surface area contributed by atoms with Crippen LogP contribution in [0.15, 0.2) is 24.3 Å². The normalized spacial score (nSPS) is 12.7. The van der Waals surface area contributed by atoms with E-state index in [1.807, 2.05) is 6.07 Å². The van der Waals surface area contributed by atoms with Gasteiger partial charge in [-0.25, -0.2) is 0 Å². The van der Waals surface area contributed by atoms with E-state index in [1.54, 1.807) is 0 Å². The van der Waals surface area contributed by atoms with Crippen molar-refractivity contribution >= 4 is 57.1 Å². The fourth-order valence-corrected chi connectivity index (χ4v) is 4.32. The molecule has 0 saturated heterocycles. The Morgan fingerprint density at radius 3 is 2.65 bits per heavy atom. The summed E-state index contributed by atoms with van der Waals surface area (Å²) >= 11 is 16.3. The molecule has 0 spiro atoms. The van der Waals surface area contributed by atoms with Crippen molar-refractivity contribution in [2.45, 2.75) is 26.3 Å². The molecule has 0 aliphatic carbocycles. The van der Waals surface area contributed by atoms with Crippen LogP contribution in [0.4, 0.5) is 0 Å². The average molecular weight is 440 g/mol. The van der Waals surface area contributed by atoms with Crippen molar-refractivity contribution in [2.75, 3.05) is 6.54 Å².